The maximum Gasteiger partial charge on any atom is 0.123 e. The van der Waals surface area contributed by atoms with E-state index in [-0.39, 0.29) is 5.83 Å². The first kappa shape index (κ1) is 30.4. The number of hydrogen-bond acceptors (Lipinski definition) is 1. The van der Waals surface area contributed by atoms with Gasteiger partial charge in [0.05, 0.1) is 0 Å². The van der Waals surface area contributed by atoms with Crippen molar-refractivity contribution in [3.63, 3.8) is 0 Å². The second kappa shape index (κ2) is 17.5. The fourth-order valence-corrected chi connectivity index (χ4v) is 7.24. The fourth-order valence-electron chi connectivity index (χ4n) is 7.24. The van der Waals surface area contributed by atoms with Crippen molar-refractivity contribution in [3.8, 4) is 0 Å². The van der Waals surface area contributed by atoms with Gasteiger partial charge in [-0.2, -0.15) is 0 Å². The number of unbranched alkanes of at least 4 members (excludes halogenated alkanes) is 2. The van der Waals surface area contributed by atoms with Gasteiger partial charge < -0.3 is 4.90 Å². The van der Waals surface area contributed by atoms with Crippen LogP contribution in [0.3, 0.4) is 0 Å². The van der Waals surface area contributed by atoms with Gasteiger partial charge in [-0.15, -0.1) is 5.73 Å². The van der Waals surface area contributed by atoms with E-state index in [0.717, 1.165) is 11.8 Å². The van der Waals surface area contributed by atoms with Crippen molar-refractivity contribution in [2.75, 3.05) is 13.1 Å². The van der Waals surface area contributed by atoms with Gasteiger partial charge in [-0.3, -0.25) is 0 Å². The molecule has 4 unspecified atom stereocenters. The summed E-state index contributed by atoms with van der Waals surface area (Å²) in [6.45, 7) is 9.74. The SMILES string of the molecule is CCCCCC(CC)CCN(CC1CCCCCCC1)C1CCCCC(C)C(C2=C=CC=C(F)C=C2)C1. The molecule has 0 radical (unpaired) electrons. The molecule has 0 heterocycles. The van der Waals surface area contributed by atoms with Crippen LogP contribution in [0.25, 0.3) is 0 Å². The van der Waals surface area contributed by atoms with Gasteiger partial charge in [0.2, 0.25) is 0 Å². The van der Waals surface area contributed by atoms with E-state index in [1.807, 2.05) is 6.08 Å². The molecule has 3 aliphatic rings. The lowest BCUT2D eigenvalue weighted by Gasteiger charge is -2.40. The molecular formula is C35H58FN. The van der Waals surface area contributed by atoms with Crippen LogP contribution in [0.15, 0.2) is 41.4 Å². The third-order valence-electron chi connectivity index (χ3n) is 9.83. The molecule has 0 aromatic carbocycles. The smallest absolute Gasteiger partial charge is 0.123 e. The molecule has 2 fully saturated rings. The zero-order valence-corrected chi connectivity index (χ0v) is 24.7. The minimum absolute atomic E-state index is 0.155. The van der Waals surface area contributed by atoms with Crippen LogP contribution in [0.2, 0.25) is 0 Å². The van der Waals surface area contributed by atoms with Crippen molar-refractivity contribution in [2.45, 2.75) is 142 Å². The molecule has 0 N–H and O–H groups in total. The van der Waals surface area contributed by atoms with Crippen LogP contribution in [-0.2, 0) is 0 Å². The third kappa shape index (κ3) is 10.9. The summed E-state index contributed by atoms with van der Waals surface area (Å²) in [5.74, 6) is 2.70. The highest BCUT2D eigenvalue weighted by Gasteiger charge is 2.31. The van der Waals surface area contributed by atoms with Crippen LogP contribution in [-0.4, -0.2) is 24.0 Å². The summed E-state index contributed by atoms with van der Waals surface area (Å²) in [5.41, 5.74) is 4.70. The van der Waals surface area contributed by atoms with Gasteiger partial charge in [-0.1, -0.05) is 104 Å². The Morgan fingerprint density at radius 2 is 1.65 bits per heavy atom. The summed E-state index contributed by atoms with van der Waals surface area (Å²) < 4.78 is 14.0. The van der Waals surface area contributed by atoms with Gasteiger partial charge in [0.15, 0.2) is 0 Å². The Morgan fingerprint density at radius 1 is 0.919 bits per heavy atom. The molecular weight excluding hydrogens is 453 g/mol. The van der Waals surface area contributed by atoms with Crippen LogP contribution < -0.4 is 0 Å². The van der Waals surface area contributed by atoms with Crippen LogP contribution in [0, 0.1) is 23.7 Å². The molecule has 0 bridgehead atoms. The van der Waals surface area contributed by atoms with E-state index in [1.54, 1.807) is 18.2 Å². The zero-order valence-electron chi connectivity index (χ0n) is 24.7. The monoisotopic (exact) mass is 511 g/mol. The van der Waals surface area contributed by atoms with E-state index < -0.39 is 0 Å². The molecule has 210 valence electrons. The Kier molecular flexibility index (Phi) is 14.4. The molecule has 0 aliphatic heterocycles. The lowest BCUT2D eigenvalue weighted by molar-refractivity contribution is 0.104. The second-order valence-corrected chi connectivity index (χ2v) is 12.7. The standard InChI is InChI=1S/C35H58FN/c1-4-6-10-17-30(5-2)25-26-37(28-31-18-11-8-7-9-12-19-31)34-22-14-13-16-29(3)35(27-34)32-20-15-21-33(36)24-23-32/h15,21,23-24,29-31,34-35H,4-14,16-19,22,25-28H2,1-3H3. The van der Waals surface area contributed by atoms with Crippen molar-refractivity contribution in [3.05, 3.63) is 41.4 Å². The topological polar surface area (TPSA) is 3.24 Å². The van der Waals surface area contributed by atoms with Gasteiger partial charge >= 0.3 is 0 Å². The first-order valence-electron chi connectivity index (χ1n) is 16.3. The Hall–Kier alpha value is -1.11. The maximum atomic E-state index is 14.0. The number of hydrogen-bond donors (Lipinski definition) is 0. The summed E-state index contributed by atoms with van der Waals surface area (Å²) in [7, 11) is 0. The van der Waals surface area contributed by atoms with Crippen molar-refractivity contribution in [1.82, 2.24) is 4.90 Å². The number of rotatable bonds is 12. The first-order valence-corrected chi connectivity index (χ1v) is 16.3. The highest BCUT2D eigenvalue weighted by atomic mass is 19.1. The first-order chi connectivity index (χ1) is 18.1. The van der Waals surface area contributed by atoms with Crippen molar-refractivity contribution < 1.29 is 4.39 Å². The molecule has 0 saturated heterocycles. The molecule has 4 atom stereocenters. The molecule has 0 aromatic heterocycles. The van der Waals surface area contributed by atoms with Crippen LogP contribution in [0.5, 0.6) is 0 Å². The molecule has 2 heteroatoms. The van der Waals surface area contributed by atoms with Gasteiger partial charge in [0.25, 0.3) is 0 Å². The molecule has 0 aromatic rings. The molecule has 3 rings (SSSR count). The quantitative estimate of drug-likeness (QED) is 0.186. The van der Waals surface area contributed by atoms with Crippen molar-refractivity contribution >= 4 is 0 Å². The van der Waals surface area contributed by atoms with E-state index in [2.05, 4.69) is 31.4 Å². The predicted octanol–water partition coefficient (Wildman–Crippen LogP) is 10.7. The summed E-state index contributed by atoms with van der Waals surface area (Å²) in [4.78, 5) is 2.98. The highest BCUT2D eigenvalue weighted by molar-refractivity contribution is 5.33. The Labute approximate surface area is 229 Å². The summed E-state index contributed by atoms with van der Waals surface area (Å²) in [6.07, 6.45) is 31.8. The fraction of sp³-hybridized carbons (Fsp3) is 0.800. The predicted molar refractivity (Wildman–Crippen MR) is 159 cm³/mol. The summed E-state index contributed by atoms with van der Waals surface area (Å²) in [5, 5.41) is 0. The van der Waals surface area contributed by atoms with Gasteiger partial charge in [-0.25, -0.2) is 4.39 Å². The summed E-state index contributed by atoms with van der Waals surface area (Å²) in [6, 6.07) is 0.648. The maximum absolute atomic E-state index is 14.0. The highest BCUT2D eigenvalue weighted by Crippen LogP contribution is 2.37. The molecule has 37 heavy (non-hydrogen) atoms. The average molecular weight is 512 g/mol. The van der Waals surface area contributed by atoms with Crippen LogP contribution >= 0.6 is 0 Å². The van der Waals surface area contributed by atoms with Crippen molar-refractivity contribution in [1.29, 1.82) is 0 Å². The molecule has 0 spiro atoms. The van der Waals surface area contributed by atoms with Gasteiger partial charge in [0, 0.05) is 12.6 Å². The number of nitrogens with zero attached hydrogens (tertiary/aromatic N) is 1. The van der Waals surface area contributed by atoms with Crippen molar-refractivity contribution in [2.24, 2.45) is 23.7 Å². The summed E-state index contributed by atoms with van der Waals surface area (Å²) >= 11 is 0. The van der Waals surface area contributed by atoms with Gasteiger partial charge in [-0.05, 0) is 92.2 Å². The van der Waals surface area contributed by atoms with E-state index in [0.29, 0.717) is 17.9 Å². The Morgan fingerprint density at radius 3 is 2.41 bits per heavy atom. The molecule has 1 nitrogen and oxygen atoms in total. The zero-order chi connectivity index (χ0) is 26.3. The van der Waals surface area contributed by atoms with Gasteiger partial charge in [0.1, 0.15) is 5.83 Å². The van der Waals surface area contributed by atoms with E-state index >= 15 is 0 Å². The number of allylic oxidation sites excluding steroid dienone is 5. The Balaban J connectivity index is 1.76. The lowest BCUT2D eigenvalue weighted by atomic mass is 9.76. The normalized spacial score (nSPS) is 27.0. The van der Waals surface area contributed by atoms with E-state index in [4.69, 9.17) is 0 Å². The molecule has 3 aliphatic carbocycles. The minimum Gasteiger partial charge on any atom is -0.300 e. The second-order valence-electron chi connectivity index (χ2n) is 12.7. The molecule has 2 saturated carbocycles. The Bertz CT molecular complexity index is 749. The third-order valence-corrected chi connectivity index (χ3v) is 9.83. The van der Waals surface area contributed by atoms with Crippen LogP contribution in [0.4, 0.5) is 4.39 Å². The van der Waals surface area contributed by atoms with Crippen LogP contribution in [0.1, 0.15) is 136 Å². The average Bonchev–Trinajstić information content (AvgIpc) is 3.09. The van der Waals surface area contributed by atoms with E-state index in [9.17, 15) is 4.39 Å². The van der Waals surface area contributed by atoms with E-state index in [1.165, 1.54) is 134 Å². The largest absolute Gasteiger partial charge is 0.300 e. The minimum atomic E-state index is -0.155. The number of halogens is 1. The molecule has 0 amide bonds. The lowest BCUT2D eigenvalue weighted by Crippen LogP contribution is -2.42.